The van der Waals surface area contributed by atoms with Crippen LogP contribution in [0.5, 0.6) is 5.75 Å². The van der Waals surface area contributed by atoms with Crippen LogP contribution in [0.3, 0.4) is 0 Å². The second-order valence-corrected chi connectivity index (χ2v) is 4.27. The van der Waals surface area contributed by atoms with E-state index >= 15 is 0 Å². The van der Waals surface area contributed by atoms with E-state index < -0.39 is 5.97 Å². The van der Waals surface area contributed by atoms with E-state index in [0.29, 0.717) is 6.61 Å². The third-order valence-electron chi connectivity index (χ3n) is 2.69. The molecule has 0 heterocycles. The number of carbonyl (C=O) groups excluding carboxylic acids is 1. The van der Waals surface area contributed by atoms with Crippen molar-refractivity contribution < 1.29 is 14.3 Å². The van der Waals surface area contributed by atoms with E-state index in [1.54, 1.807) is 6.92 Å². The summed E-state index contributed by atoms with van der Waals surface area (Å²) in [5.74, 6) is 0.329. The molecule has 2 aromatic rings. The van der Waals surface area contributed by atoms with Crippen LogP contribution in [-0.4, -0.2) is 18.7 Å². The van der Waals surface area contributed by atoms with Gasteiger partial charge in [-0.2, -0.15) is 0 Å². The number of benzene rings is 2. The van der Waals surface area contributed by atoms with Gasteiger partial charge in [-0.15, -0.1) is 0 Å². The SMILES string of the molecule is C=CC(=O)OC(C)COc1ccc2ccccc2c1. The summed E-state index contributed by atoms with van der Waals surface area (Å²) >= 11 is 0. The molecule has 2 rings (SSSR count). The Kier molecular flexibility index (Phi) is 4.18. The minimum absolute atomic E-state index is 0.308. The van der Waals surface area contributed by atoms with Crippen molar-refractivity contribution in [1.29, 1.82) is 0 Å². The number of hydrogen-bond donors (Lipinski definition) is 0. The molecule has 1 unspecified atom stereocenters. The van der Waals surface area contributed by atoms with Crippen LogP contribution in [0.4, 0.5) is 0 Å². The monoisotopic (exact) mass is 256 g/mol. The van der Waals surface area contributed by atoms with Crippen LogP contribution < -0.4 is 4.74 Å². The van der Waals surface area contributed by atoms with Crippen molar-refractivity contribution in [3.8, 4) is 5.75 Å². The minimum atomic E-state index is -0.436. The lowest BCUT2D eigenvalue weighted by Crippen LogP contribution is -2.20. The highest BCUT2D eigenvalue weighted by Crippen LogP contribution is 2.20. The van der Waals surface area contributed by atoms with E-state index in [1.807, 2.05) is 42.5 Å². The van der Waals surface area contributed by atoms with Crippen LogP contribution in [0.15, 0.2) is 55.1 Å². The number of hydrogen-bond acceptors (Lipinski definition) is 3. The Hall–Kier alpha value is -2.29. The van der Waals surface area contributed by atoms with Crippen LogP contribution in [0, 0.1) is 0 Å². The topological polar surface area (TPSA) is 35.5 Å². The van der Waals surface area contributed by atoms with Gasteiger partial charge in [0.25, 0.3) is 0 Å². The summed E-state index contributed by atoms with van der Waals surface area (Å²) in [5, 5.41) is 2.29. The Morgan fingerprint density at radius 1 is 1.26 bits per heavy atom. The first-order chi connectivity index (χ1) is 9.19. The van der Waals surface area contributed by atoms with Gasteiger partial charge in [-0.25, -0.2) is 4.79 Å². The van der Waals surface area contributed by atoms with Crippen molar-refractivity contribution in [2.24, 2.45) is 0 Å². The number of carbonyl (C=O) groups is 1. The lowest BCUT2D eigenvalue weighted by Gasteiger charge is -2.13. The van der Waals surface area contributed by atoms with Gasteiger partial charge in [0.05, 0.1) is 0 Å². The van der Waals surface area contributed by atoms with Crippen LogP contribution in [0.1, 0.15) is 6.92 Å². The molecule has 3 heteroatoms. The number of fused-ring (bicyclic) bond motifs is 1. The van der Waals surface area contributed by atoms with Crippen molar-refractivity contribution in [1.82, 2.24) is 0 Å². The molecule has 0 amide bonds. The van der Waals surface area contributed by atoms with E-state index in [-0.39, 0.29) is 6.10 Å². The smallest absolute Gasteiger partial charge is 0.330 e. The van der Waals surface area contributed by atoms with Gasteiger partial charge in [-0.3, -0.25) is 0 Å². The Labute approximate surface area is 112 Å². The molecule has 0 N–H and O–H groups in total. The third-order valence-corrected chi connectivity index (χ3v) is 2.69. The molecular formula is C16H16O3. The van der Waals surface area contributed by atoms with Crippen LogP contribution >= 0.6 is 0 Å². The molecule has 19 heavy (non-hydrogen) atoms. The normalized spacial score (nSPS) is 11.8. The highest BCUT2D eigenvalue weighted by Gasteiger charge is 2.07. The molecule has 0 fully saturated rings. The van der Waals surface area contributed by atoms with Crippen molar-refractivity contribution >= 4 is 16.7 Å². The average molecular weight is 256 g/mol. The first-order valence-corrected chi connectivity index (χ1v) is 6.13. The van der Waals surface area contributed by atoms with Gasteiger partial charge in [0.1, 0.15) is 18.5 Å². The first-order valence-electron chi connectivity index (χ1n) is 6.13. The number of rotatable bonds is 5. The summed E-state index contributed by atoms with van der Waals surface area (Å²) in [6, 6.07) is 13.9. The molecule has 0 saturated carbocycles. The summed E-state index contributed by atoms with van der Waals surface area (Å²) in [6.45, 7) is 5.45. The summed E-state index contributed by atoms with van der Waals surface area (Å²) < 4.78 is 10.6. The van der Waals surface area contributed by atoms with Crippen molar-refractivity contribution in [3.63, 3.8) is 0 Å². The third kappa shape index (κ3) is 3.58. The Morgan fingerprint density at radius 2 is 2.00 bits per heavy atom. The molecule has 1 atom stereocenters. The fourth-order valence-corrected chi connectivity index (χ4v) is 1.75. The quantitative estimate of drug-likeness (QED) is 0.608. The molecular weight excluding hydrogens is 240 g/mol. The van der Waals surface area contributed by atoms with Gasteiger partial charge in [0.2, 0.25) is 0 Å². The van der Waals surface area contributed by atoms with E-state index in [2.05, 4.69) is 6.58 Å². The van der Waals surface area contributed by atoms with Crippen LogP contribution in [-0.2, 0) is 9.53 Å². The van der Waals surface area contributed by atoms with Gasteiger partial charge in [0.15, 0.2) is 0 Å². The summed E-state index contributed by atoms with van der Waals surface area (Å²) in [5.41, 5.74) is 0. The predicted octanol–water partition coefficient (Wildman–Crippen LogP) is 3.34. The fourth-order valence-electron chi connectivity index (χ4n) is 1.75. The maximum absolute atomic E-state index is 11.0. The van der Waals surface area contributed by atoms with Gasteiger partial charge in [0, 0.05) is 6.08 Å². The maximum atomic E-state index is 11.0. The standard InChI is InChI=1S/C16H16O3/c1-3-16(17)19-12(2)11-18-15-9-8-13-6-4-5-7-14(13)10-15/h3-10,12H,1,11H2,2H3. The molecule has 0 aliphatic heterocycles. The summed E-state index contributed by atoms with van der Waals surface area (Å²) in [6.07, 6.45) is 0.837. The number of ether oxygens (including phenoxy) is 2. The van der Waals surface area contributed by atoms with Gasteiger partial charge >= 0.3 is 5.97 Å². The Morgan fingerprint density at radius 3 is 2.74 bits per heavy atom. The molecule has 98 valence electrons. The van der Waals surface area contributed by atoms with Gasteiger partial charge in [-0.05, 0) is 29.8 Å². The van der Waals surface area contributed by atoms with Crippen molar-refractivity contribution in [3.05, 3.63) is 55.1 Å². The maximum Gasteiger partial charge on any atom is 0.330 e. The molecule has 0 aromatic heterocycles. The second kappa shape index (κ2) is 6.05. The van der Waals surface area contributed by atoms with E-state index in [0.717, 1.165) is 17.2 Å². The molecule has 3 nitrogen and oxygen atoms in total. The second-order valence-electron chi connectivity index (χ2n) is 4.27. The zero-order valence-electron chi connectivity index (χ0n) is 10.8. The lowest BCUT2D eigenvalue weighted by molar-refractivity contribution is -0.143. The molecule has 0 aliphatic rings. The Balaban J connectivity index is 1.97. The highest BCUT2D eigenvalue weighted by molar-refractivity contribution is 5.83. The molecule has 0 bridgehead atoms. The Bertz CT molecular complexity index is 589. The predicted molar refractivity (Wildman–Crippen MR) is 75.2 cm³/mol. The average Bonchev–Trinajstić information content (AvgIpc) is 2.44. The zero-order valence-corrected chi connectivity index (χ0v) is 10.8. The van der Waals surface area contributed by atoms with Crippen molar-refractivity contribution in [2.75, 3.05) is 6.61 Å². The molecule has 0 radical (unpaired) electrons. The molecule has 0 spiro atoms. The fraction of sp³-hybridized carbons (Fsp3) is 0.188. The first kappa shape index (κ1) is 13.1. The van der Waals surface area contributed by atoms with Crippen LogP contribution in [0.25, 0.3) is 10.8 Å². The molecule has 0 aliphatic carbocycles. The summed E-state index contributed by atoms with van der Waals surface area (Å²) in [4.78, 5) is 11.0. The minimum Gasteiger partial charge on any atom is -0.490 e. The largest absolute Gasteiger partial charge is 0.490 e. The van der Waals surface area contributed by atoms with E-state index in [4.69, 9.17) is 9.47 Å². The molecule has 0 saturated heterocycles. The van der Waals surface area contributed by atoms with Gasteiger partial charge < -0.3 is 9.47 Å². The summed E-state index contributed by atoms with van der Waals surface area (Å²) in [7, 11) is 0. The highest BCUT2D eigenvalue weighted by atomic mass is 16.6. The van der Waals surface area contributed by atoms with E-state index in [1.165, 1.54) is 5.39 Å². The number of esters is 1. The lowest BCUT2D eigenvalue weighted by atomic mass is 10.1. The van der Waals surface area contributed by atoms with Crippen LogP contribution in [0.2, 0.25) is 0 Å². The van der Waals surface area contributed by atoms with Gasteiger partial charge in [-0.1, -0.05) is 36.9 Å². The van der Waals surface area contributed by atoms with E-state index in [9.17, 15) is 4.79 Å². The van der Waals surface area contributed by atoms with Crippen molar-refractivity contribution in [2.45, 2.75) is 13.0 Å². The zero-order chi connectivity index (χ0) is 13.7. The molecule has 2 aromatic carbocycles.